The van der Waals surface area contributed by atoms with Gasteiger partial charge in [0.25, 0.3) is 0 Å². The molecule has 0 spiro atoms. The topological polar surface area (TPSA) is 60.5 Å². The van der Waals surface area contributed by atoms with Gasteiger partial charge in [-0.25, -0.2) is 9.78 Å². The molecule has 0 bridgehead atoms. The number of methoxy groups -OCH3 is 1. The van der Waals surface area contributed by atoms with Gasteiger partial charge in [-0.15, -0.1) is 11.3 Å². The summed E-state index contributed by atoms with van der Waals surface area (Å²) in [5.41, 5.74) is 0.361. The minimum Gasteiger partial charge on any atom is -0.464 e. The summed E-state index contributed by atoms with van der Waals surface area (Å²) in [6.45, 7) is 3.67. The Morgan fingerprint density at radius 1 is 1.59 bits per heavy atom. The van der Waals surface area contributed by atoms with E-state index >= 15 is 0 Å². The van der Waals surface area contributed by atoms with Crippen LogP contribution in [0, 0.1) is 0 Å². The van der Waals surface area contributed by atoms with E-state index in [1.165, 1.54) is 18.4 Å². The molecule has 5 nitrogen and oxygen atoms in total. The molecule has 0 unspecified atom stereocenters. The van der Waals surface area contributed by atoms with E-state index in [2.05, 4.69) is 22.0 Å². The number of hydrogen-bond acceptors (Lipinski definition) is 6. The molecule has 0 amide bonds. The van der Waals surface area contributed by atoms with E-state index in [0.29, 0.717) is 5.69 Å². The van der Waals surface area contributed by atoms with Crippen molar-refractivity contribution in [3.05, 3.63) is 11.1 Å². The van der Waals surface area contributed by atoms with Crippen LogP contribution in [0.5, 0.6) is 0 Å². The van der Waals surface area contributed by atoms with Crippen molar-refractivity contribution in [2.45, 2.75) is 25.3 Å². The molecule has 0 saturated carbocycles. The molecule has 1 aliphatic rings. The number of nitrogens with one attached hydrogen (secondary N) is 1. The molecule has 0 radical (unpaired) electrons. The van der Waals surface area contributed by atoms with Crippen molar-refractivity contribution in [3.8, 4) is 0 Å². The Balaban J connectivity index is 2.03. The maximum absolute atomic E-state index is 11.3. The largest absolute Gasteiger partial charge is 0.464 e. The van der Waals surface area contributed by atoms with Crippen LogP contribution in [0.2, 0.25) is 0 Å². The fourth-order valence-electron chi connectivity index (χ4n) is 1.73. The summed E-state index contributed by atoms with van der Waals surface area (Å²) < 4.78 is 9.95. The Hall–Kier alpha value is -1.14. The third-order valence-corrected chi connectivity index (χ3v) is 3.66. The minimum absolute atomic E-state index is 0.00347. The number of carbonyl (C=O) groups is 1. The summed E-state index contributed by atoms with van der Waals surface area (Å²) in [6.07, 6.45) is 1.89. The van der Waals surface area contributed by atoms with Crippen molar-refractivity contribution in [2.24, 2.45) is 0 Å². The number of aromatic nitrogens is 1. The van der Waals surface area contributed by atoms with E-state index in [-0.39, 0.29) is 5.54 Å². The molecule has 1 aromatic heterocycles. The van der Waals surface area contributed by atoms with E-state index in [1.54, 1.807) is 5.38 Å². The first-order valence-electron chi connectivity index (χ1n) is 5.53. The number of anilines is 1. The van der Waals surface area contributed by atoms with Gasteiger partial charge in [0.1, 0.15) is 0 Å². The van der Waals surface area contributed by atoms with Gasteiger partial charge in [0, 0.05) is 24.1 Å². The molecule has 0 atom stereocenters. The third-order valence-electron chi connectivity index (χ3n) is 2.90. The summed E-state index contributed by atoms with van der Waals surface area (Å²) >= 11 is 1.42. The number of carbonyl (C=O) groups excluding carboxylic acids is 1. The lowest BCUT2D eigenvalue weighted by Gasteiger charge is -2.34. The van der Waals surface area contributed by atoms with Gasteiger partial charge in [0.2, 0.25) is 0 Å². The maximum Gasteiger partial charge on any atom is 0.357 e. The van der Waals surface area contributed by atoms with E-state index in [4.69, 9.17) is 4.74 Å². The number of thiazole rings is 1. The Morgan fingerprint density at radius 3 is 2.94 bits per heavy atom. The molecule has 2 rings (SSSR count). The first kappa shape index (κ1) is 12.3. The molecule has 1 N–H and O–H groups in total. The van der Waals surface area contributed by atoms with Crippen LogP contribution in [-0.4, -0.2) is 36.8 Å². The lowest BCUT2D eigenvalue weighted by atomic mass is 9.93. The van der Waals surface area contributed by atoms with E-state index in [9.17, 15) is 4.79 Å². The third kappa shape index (κ3) is 2.95. The van der Waals surface area contributed by atoms with E-state index in [1.807, 2.05) is 0 Å². The highest BCUT2D eigenvalue weighted by atomic mass is 32.1. The second-order valence-corrected chi connectivity index (χ2v) is 5.19. The van der Waals surface area contributed by atoms with Crippen LogP contribution in [0.15, 0.2) is 5.38 Å². The summed E-state index contributed by atoms with van der Waals surface area (Å²) in [5, 5.41) is 5.84. The maximum atomic E-state index is 11.3. The van der Waals surface area contributed by atoms with Gasteiger partial charge in [-0.1, -0.05) is 0 Å². The molecule has 6 heteroatoms. The zero-order valence-corrected chi connectivity index (χ0v) is 10.8. The zero-order chi connectivity index (χ0) is 12.3. The van der Waals surface area contributed by atoms with Crippen molar-refractivity contribution in [1.29, 1.82) is 0 Å². The number of ether oxygens (including phenoxy) is 2. The average Bonchev–Trinajstić information content (AvgIpc) is 2.76. The van der Waals surface area contributed by atoms with E-state index < -0.39 is 5.97 Å². The first-order chi connectivity index (χ1) is 8.13. The van der Waals surface area contributed by atoms with Crippen molar-refractivity contribution in [1.82, 2.24) is 4.98 Å². The number of esters is 1. The molecule has 1 saturated heterocycles. The fourth-order valence-corrected chi connectivity index (χ4v) is 2.56. The monoisotopic (exact) mass is 256 g/mol. The van der Waals surface area contributed by atoms with Gasteiger partial charge in [-0.3, -0.25) is 0 Å². The van der Waals surface area contributed by atoms with Crippen molar-refractivity contribution >= 4 is 22.4 Å². The number of hydrogen-bond donors (Lipinski definition) is 1. The van der Waals surface area contributed by atoms with Crippen molar-refractivity contribution in [3.63, 3.8) is 0 Å². The lowest BCUT2D eigenvalue weighted by Crippen LogP contribution is -2.40. The average molecular weight is 256 g/mol. The first-order valence-corrected chi connectivity index (χ1v) is 6.41. The van der Waals surface area contributed by atoms with E-state index in [0.717, 1.165) is 31.2 Å². The highest BCUT2D eigenvalue weighted by molar-refractivity contribution is 7.13. The van der Waals surface area contributed by atoms with Gasteiger partial charge < -0.3 is 14.8 Å². The predicted octanol–water partition coefficient (Wildman–Crippen LogP) is 1.91. The summed E-state index contributed by atoms with van der Waals surface area (Å²) in [4.78, 5) is 15.5. The highest BCUT2D eigenvalue weighted by Crippen LogP contribution is 2.27. The minimum atomic E-state index is -0.397. The van der Waals surface area contributed by atoms with Crippen LogP contribution in [0.25, 0.3) is 0 Å². The number of nitrogens with zero attached hydrogens (tertiary/aromatic N) is 1. The standard InChI is InChI=1S/C11H16N2O3S/c1-11(3-5-16-6-4-11)13-10-12-8(7-17-10)9(14)15-2/h7H,3-6H2,1-2H3,(H,12,13). The van der Waals surface area contributed by atoms with Gasteiger partial charge in [0.15, 0.2) is 10.8 Å². The molecule has 17 heavy (non-hydrogen) atoms. The van der Waals surface area contributed by atoms with Crippen LogP contribution < -0.4 is 5.32 Å². The predicted molar refractivity (Wildman–Crippen MR) is 65.5 cm³/mol. The Bertz CT molecular complexity index is 399. The Morgan fingerprint density at radius 2 is 2.29 bits per heavy atom. The molecule has 0 aliphatic carbocycles. The molecular weight excluding hydrogens is 240 g/mol. The number of rotatable bonds is 3. The van der Waals surface area contributed by atoms with Crippen LogP contribution in [0.3, 0.4) is 0 Å². The second kappa shape index (κ2) is 5.01. The molecule has 1 aliphatic heterocycles. The lowest BCUT2D eigenvalue weighted by molar-refractivity contribution is 0.0593. The van der Waals surface area contributed by atoms with Crippen LogP contribution in [0.1, 0.15) is 30.3 Å². The van der Waals surface area contributed by atoms with Gasteiger partial charge >= 0.3 is 5.97 Å². The van der Waals surface area contributed by atoms with Crippen LogP contribution in [-0.2, 0) is 9.47 Å². The smallest absolute Gasteiger partial charge is 0.357 e. The van der Waals surface area contributed by atoms with Crippen molar-refractivity contribution in [2.75, 3.05) is 25.6 Å². The van der Waals surface area contributed by atoms with Gasteiger partial charge in [0.05, 0.1) is 7.11 Å². The van der Waals surface area contributed by atoms with Crippen LogP contribution >= 0.6 is 11.3 Å². The molecule has 1 aromatic rings. The normalized spacial score (nSPS) is 18.7. The Labute approximate surface area is 104 Å². The molecule has 0 aromatic carbocycles. The molecular formula is C11H16N2O3S. The zero-order valence-electron chi connectivity index (χ0n) is 9.99. The SMILES string of the molecule is COC(=O)c1csc(NC2(C)CCOCC2)n1. The fraction of sp³-hybridized carbons (Fsp3) is 0.636. The molecule has 94 valence electrons. The van der Waals surface area contributed by atoms with Crippen molar-refractivity contribution < 1.29 is 14.3 Å². The van der Waals surface area contributed by atoms with Gasteiger partial charge in [-0.2, -0.15) is 0 Å². The quantitative estimate of drug-likeness (QED) is 0.837. The molecule has 2 heterocycles. The summed E-state index contributed by atoms with van der Waals surface area (Å²) in [7, 11) is 1.36. The summed E-state index contributed by atoms with van der Waals surface area (Å²) in [5.74, 6) is -0.397. The highest BCUT2D eigenvalue weighted by Gasteiger charge is 2.28. The van der Waals surface area contributed by atoms with Gasteiger partial charge in [-0.05, 0) is 19.8 Å². The van der Waals surface area contributed by atoms with Crippen LogP contribution in [0.4, 0.5) is 5.13 Å². The molecule has 1 fully saturated rings. The Kier molecular flexibility index (Phi) is 3.63. The second-order valence-electron chi connectivity index (χ2n) is 4.33. The summed E-state index contributed by atoms with van der Waals surface area (Å²) in [6, 6.07) is 0.